The fourth-order valence-electron chi connectivity index (χ4n) is 4.74. The normalized spacial score (nSPS) is 24.9. The Balaban J connectivity index is 1.40. The van der Waals surface area contributed by atoms with E-state index in [-0.39, 0.29) is 12.0 Å². The lowest BCUT2D eigenvalue weighted by atomic mass is 10.1. The van der Waals surface area contributed by atoms with Crippen molar-refractivity contribution in [2.75, 3.05) is 25.1 Å². The van der Waals surface area contributed by atoms with E-state index in [9.17, 15) is 15.0 Å². The lowest BCUT2D eigenvalue weighted by Gasteiger charge is -2.17. The van der Waals surface area contributed by atoms with Gasteiger partial charge in [-0.1, -0.05) is 35.0 Å². The minimum atomic E-state index is -1.43. The maximum atomic E-state index is 12.4. The molecule has 0 bridgehead atoms. The number of carbonyl (C=O) groups excluding carboxylic acids is 1. The highest BCUT2D eigenvalue weighted by atomic mass is 16.6. The first kappa shape index (κ1) is 25.3. The van der Waals surface area contributed by atoms with Gasteiger partial charge >= 0.3 is 0 Å². The molecule has 6 rings (SSSR count). The number of ether oxygens (including phenoxy) is 2. The van der Waals surface area contributed by atoms with Crippen molar-refractivity contribution < 1.29 is 24.5 Å². The second kappa shape index (κ2) is 10.3. The third kappa shape index (κ3) is 4.71. The highest BCUT2D eigenvalue weighted by molar-refractivity contribution is 5.84. The van der Waals surface area contributed by atoms with E-state index in [2.05, 4.69) is 35.9 Å². The second-order valence-electron chi connectivity index (χ2n) is 9.64. The largest absolute Gasteiger partial charge is 0.387 e. The van der Waals surface area contributed by atoms with Crippen molar-refractivity contribution in [3.05, 3.63) is 42.4 Å². The summed E-state index contributed by atoms with van der Waals surface area (Å²) in [5.74, 6) is 0.149. The maximum Gasteiger partial charge on any atom is 0.256 e. The van der Waals surface area contributed by atoms with E-state index in [0.29, 0.717) is 42.4 Å². The van der Waals surface area contributed by atoms with Crippen LogP contribution in [-0.4, -0.2) is 94.7 Å². The summed E-state index contributed by atoms with van der Waals surface area (Å²) in [6.45, 7) is 5.29. The molecule has 204 valence electrons. The number of rotatable bonds is 7. The van der Waals surface area contributed by atoms with Crippen molar-refractivity contribution in [1.82, 2.24) is 39.8 Å². The van der Waals surface area contributed by atoms with Crippen LogP contribution in [-0.2, 0) is 14.3 Å². The van der Waals surface area contributed by atoms with Gasteiger partial charge in [-0.05, 0) is 20.3 Å². The van der Waals surface area contributed by atoms with Crippen LogP contribution < -0.4 is 10.6 Å². The molecule has 2 aliphatic heterocycles. The number of amides is 1. The quantitative estimate of drug-likeness (QED) is 0.257. The lowest BCUT2D eigenvalue weighted by molar-refractivity contribution is -0.137. The van der Waals surface area contributed by atoms with Gasteiger partial charge in [0.05, 0.1) is 25.2 Å². The molecule has 2 saturated heterocycles. The van der Waals surface area contributed by atoms with E-state index < -0.39 is 30.4 Å². The van der Waals surface area contributed by atoms with Crippen LogP contribution in [0.25, 0.3) is 28.4 Å². The zero-order valence-corrected chi connectivity index (χ0v) is 21.4. The number of imidazole rings is 1. The molecule has 5 heterocycles. The van der Waals surface area contributed by atoms with E-state index in [1.807, 2.05) is 31.2 Å². The molecule has 3 aromatic heterocycles. The maximum absolute atomic E-state index is 12.4. The molecule has 0 radical (unpaired) electrons. The Morgan fingerprint density at radius 3 is 2.74 bits per heavy atom. The first-order valence-corrected chi connectivity index (χ1v) is 12.8. The molecule has 0 spiro atoms. The Labute approximate surface area is 223 Å². The van der Waals surface area contributed by atoms with Gasteiger partial charge in [-0.2, -0.15) is 14.6 Å². The molecule has 5 atom stereocenters. The molecule has 14 heteroatoms. The van der Waals surface area contributed by atoms with E-state index in [1.165, 1.54) is 15.6 Å². The number of likely N-dealkylation sites (N-methyl/N-ethyl adjacent to an activating group) is 1. The van der Waals surface area contributed by atoms with Crippen LogP contribution in [0.3, 0.4) is 0 Å². The van der Waals surface area contributed by atoms with E-state index in [0.717, 1.165) is 17.5 Å². The van der Waals surface area contributed by atoms with E-state index in [4.69, 9.17) is 9.47 Å². The highest BCUT2D eigenvalue weighted by Crippen LogP contribution is 2.33. The van der Waals surface area contributed by atoms with Crippen LogP contribution in [0, 0.1) is 6.92 Å². The Hall–Kier alpha value is -3.98. The number of aromatic nitrogens is 7. The number of fused-ring (bicyclic) bond motifs is 1. The van der Waals surface area contributed by atoms with Crippen LogP contribution >= 0.6 is 0 Å². The van der Waals surface area contributed by atoms with Gasteiger partial charge in [0.25, 0.3) is 11.9 Å². The Morgan fingerprint density at radius 1 is 1.18 bits per heavy atom. The molecule has 1 aromatic carbocycles. The minimum absolute atomic E-state index is 0.0252. The van der Waals surface area contributed by atoms with Gasteiger partial charge in [0.15, 0.2) is 29.3 Å². The van der Waals surface area contributed by atoms with Gasteiger partial charge in [0, 0.05) is 18.7 Å². The second-order valence-corrected chi connectivity index (χ2v) is 9.64. The van der Waals surface area contributed by atoms with Crippen LogP contribution in [0.15, 0.2) is 36.8 Å². The van der Waals surface area contributed by atoms with Crippen LogP contribution in [0.4, 0.5) is 5.82 Å². The summed E-state index contributed by atoms with van der Waals surface area (Å²) in [5.41, 5.74) is 3.43. The number of aliphatic hydroxyl groups excluding tert-OH is 2. The van der Waals surface area contributed by atoms with Crippen LogP contribution in [0.1, 0.15) is 25.1 Å². The minimum Gasteiger partial charge on any atom is -0.387 e. The SMILES string of the molecule is CCNC(=O)C1O[C@@H](n2cnc3c(NC4CCOC4)nc(-n4cc(-c5ccc(C)cc5)nn4)nc32)[C@H](O)[C@@H]1O. The molecule has 0 aliphatic carbocycles. The molecule has 4 aromatic rings. The zero-order valence-electron chi connectivity index (χ0n) is 21.4. The van der Waals surface area contributed by atoms with Crippen LogP contribution in [0.2, 0.25) is 0 Å². The third-order valence-corrected chi connectivity index (χ3v) is 6.85. The highest BCUT2D eigenvalue weighted by Gasteiger charge is 2.47. The number of nitrogens with zero attached hydrogens (tertiary/aromatic N) is 7. The number of hydrogen-bond donors (Lipinski definition) is 4. The summed E-state index contributed by atoms with van der Waals surface area (Å²) in [6.07, 6.45) is -1.21. The summed E-state index contributed by atoms with van der Waals surface area (Å²) in [7, 11) is 0. The van der Waals surface area contributed by atoms with Crippen LogP contribution in [0.5, 0.6) is 0 Å². The van der Waals surface area contributed by atoms with Crippen molar-refractivity contribution in [2.45, 2.75) is 50.8 Å². The van der Waals surface area contributed by atoms with Gasteiger partial charge in [0.2, 0.25) is 0 Å². The molecule has 0 saturated carbocycles. The molecule has 2 fully saturated rings. The number of benzene rings is 1. The predicted molar refractivity (Wildman–Crippen MR) is 138 cm³/mol. The number of hydrogen-bond acceptors (Lipinski definition) is 11. The Morgan fingerprint density at radius 2 is 2.00 bits per heavy atom. The predicted octanol–water partition coefficient (Wildman–Crippen LogP) is 0.339. The third-order valence-electron chi connectivity index (χ3n) is 6.85. The Kier molecular flexibility index (Phi) is 6.68. The fraction of sp³-hybridized carbons (Fsp3) is 0.440. The fourth-order valence-corrected chi connectivity index (χ4v) is 4.74. The average molecular weight is 536 g/mol. The standard InChI is InChI=1S/C25H29N9O5/c1-3-26-23(37)20-18(35)19(36)24(39-20)33-12-27-17-21(28-15-8-9-38-11-15)29-25(30-22(17)33)34-10-16(31-32-34)14-6-4-13(2)5-7-14/h4-7,10,12,15,18-20,24,35-36H,3,8-9,11H2,1-2H3,(H,26,37)(H,28,29,30)/t15?,18-,19+,20?,24+/m0/s1. The van der Waals surface area contributed by atoms with Crippen molar-refractivity contribution in [2.24, 2.45) is 0 Å². The molecule has 2 unspecified atom stereocenters. The first-order chi connectivity index (χ1) is 18.9. The van der Waals surface area contributed by atoms with Crippen molar-refractivity contribution >= 4 is 22.9 Å². The molecule has 14 nitrogen and oxygen atoms in total. The van der Waals surface area contributed by atoms with Gasteiger partial charge in [-0.25, -0.2) is 4.98 Å². The van der Waals surface area contributed by atoms with E-state index >= 15 is 0 Å². The van der Waals surface area contributed by atoms with Crippen molar-refractivity contribution in [1.29, 1.82) is 0 Å². The smallest absolute Gasteiger partial charge is 0.256 e. The molecule has 1 amide bonds. The number of carbonyl (C=O) groups is 1. The molecular formula is C25H29N9O5. The summed E-state index contributed by atoms with van der Waals surface area (Å²) < 4.78 is 14.3. The molecular weight excluding hydrogens is 506 g/mol. The summed E-state index contributed by atoms with van der Waals surface area (Å²) in [4.78, 5) is 26.3. The summed E-state index contributed by atoms with van der Waals surface area (Å²) >= 11 is 0. The zero-order chi connectivity index (χ0) is 27.1. The number of anilines is 1. The van der Waals surface area contributed by atoms with Gasteiger partial charge in [0.1, 0.15) is 17.9 Å². The van der Waals surface area contributed by atoms with E-state index in [1.54, 1.807) is 13.1 Å². The van der Waals surface area contributed by atoms with Gasteiger partial charge < -0.3 is 30.3 Å². The first-order valence-electron chi connectivity index (χ1n) is 12.8. The number of aryl methyl sites for hydroxylation is 1. The topological polar surface area (TPSA) is 174 Å². The molecule has 39 heavy (non-hydrogen) atoms. The van der Waals surface area contributed by atoms with Crippen molar-refractivity contribution in [3.63, 3.8) is 0 Å². The Bertz CT molecular complexity index is 1480. The van der Waals surface area contributed by atoms with Gasteiger partial charge in [-0.3, -0.25) is 9.36 Å². The number of nitrogens with one attached hydrogen (secondary N) is 2. The number of aliphatic hydroxyl groups is 2. The van der Waals surface area contributed by atoms with Gasteiger partial charge in [-0.15, -0.1) is 5.10 Å². The lowest BCUT2D eigenvalue weighted by Crippen LogP contribution is -2.42. The summed E-state index contributed by atoms with van der Waals surface area (Å²) in [6, 6.07) is 7.95. The summed E-state index contributed by atoms with van der Waals surface area (Å²) in [5, 5.41) is 35.9. The monoisotopic (exact) mass is 535 g/mol. The van der Waals surface area contributed by atoms with Crippen molar-refractivity contribution in [3.8, 4) is 17.2 Å². The average Bonchev–Trinajstić information content (AvgIpc) is 3.73. The molecule has 2 aliphatic rings. The molecule has 4 N–H and O–H groups in total.